The molecule has 0 saturated carbocycles. The number of phosphoric ester groups is 1. The topological polar surface area (TPSA) is 119 Å². The Balaban J connectivity index is 0. The molecule has 6 nitrogen and oxygen atoms in total. The van der Waals surface area contributed by atoms with Gasteiger partial charge in [-0.3, -0.25) is 16.2 Å². The van der Waals surface area contributed by atoms with Gasteiger partial charge in [0.05, 0.1) is 6.61 Å². The van der Waals surface area contributed by atoms with Crippen LogP contribution in [0.4, 0.5) is 0 Å². The third-order valence-electron chi connectivity index (χ3n) is 0.337. The highest BCUT2D eigenvalue weighted by molar-refractivity contribution is 7.46. The molecule has 64 valence electrons. The third-order valence-corrected chi connectivity index (χ3v) is 1.01. The van der Waals surface area contributed by atoms with Crippen LogP contribution >= 0.6 is 19.4 Å². The fraction of sp³-hybridized carbons (Fsp3) is 1.00. The summed E-state index contributed by atoms with van der Waals surface area (Å²) in [5.41, 5.74) is 0. The molecular formula is C2H10ClN2O4P. The quantitative estimate of drug-likeness (QED) is 0.200. The van der Waals surface area contributed by atoms with Gasteiger partial charge in [0.1, 0.15) is 0 Å². The number of rotatable bonds is 3. The van der Waals surface area contributed by atoms with E-state index in [0.717, 1.165) is 0 Å². The zero-order valence-electron chi connectivity index (χ0n) is 5.11. The Morgan fingerprint density at radius 1 is 1.50 bits per heavy atom. The van der Waals surface area contributed by atoms with Crippen LogP contribution in [0.1, 0.15) is 0 Å². The molecule has 0 aromatic heterocycles. The lowest BCUT2D eigenvalue weighted by Crippen LogP contribution is -2.02. The van der Waals surface area contributed by atoms with Crippen molar-refractivity contribution in [2.24, 2.45) is 11.7 Å². The summed E-state index contributed by atoms with van der Waals surface area (Å²) < 4.78 is 13.7. The van der Waals surface area contributed by atoms with Crippen LogP contribution in [0.25, 0.3) is 0 Å². The van der Waals surface area contributed by atoms with Crippen LogP contribution in [0.5, 0.6) is 0 Å². The Hall–Kier alpha value is 0.320. The Labute approximate surface area is 63.3 Å². The Kier molecular flexibility index (Phi) is 9.62. The van der Waals surface area contributed by atoms with Gasteiger partial charge in [-0.25, -0.2) is 4.57 Å². The van der Waals surface area contributed by atoms with E-state index in [1.807, 2.05) is 0 Å². The lowest BCUT2D eigenvalue weighted by atomic mass is 10.9. The molecule has 10 heavy (non-hydrogen) atoms. The van der Waals surface area contributed by atoms with Crippen molar-refractivity contribution in [3.63, 3.8) is 0 Å². The molecule has 0 aromatic carbocycles. The maximum Gasteiger partial charge on any atom is 0.469 e. The lowest BCUT2D eigenvalue weighted by molar-refractivity contribution is 0.207. The molecule has 0 radical (unpaired) electrons. The summed E-state index contributed by atoms with van der Waals surface area (Å²) in [4.78, 5) is 16.0. The maximum atomic E-state index is 9.80. The van der Waals surface area contributed by atoms with Crippen LogP contribution in [0.2, 0.25) is 0 Å². The van der Waals surface area contributed by atoms with Crippen LogP contribution in [0.15, 0.2) is 0 Å². The summed E-state index contributed by atoms with van der Waals surface area (Å²) in [5.74, 6) is 8.09. The van der Waals surface area contributed by atoms with Gasteiger partial charge in [-0.2, -0.15) is 0 Å². The highest BCUT2D eigenvalue weighted by Gasteiger charge is 2.11. The van der Waals surface area contributed by atoms with Crippen molar-refractivity contribution in [3.05, 3.63) is 0 Å². The first-order chi connectivity index (χ1) is 4.56. The van der Waals surface area contributed by atoms with E-state index >= 15 is 0 Å². The fourth-order valence-electron chi connectivity index (χ4n) is 0.153. The number of hydrogen-bond acceptors (Lipinski definition) is 4. The number of phosphoric acid groups is 1. The molecule has 0 rings (SSSR count). The molecule has 0 aromatic rings. The Bertz CT molecular complexity index is 105. The second kappa shape index (κ2) is 7.43. The molecule has 0 fully saturated rings. The first-order valence-electron chi connectivity index (χ1n) is 2.15. The number of halogens is 1. The molecule has 0 aliphatic heterocycles. The van der Waals surface area contributed by atoms with Gasteiger partial charge in [-0.05, 0) is 0 Å². The first-order valence-corrected chi connectivity index (χ1v) is 4.22. The molecule has 0 aliphatic rings. The fourth-order valence-corrected chi connectivity index (χ4v) is 0.667. The van der Waals surface area contributed by atoms with Crippen LogP contribution in [0, 0.1) is 0 Å². The second-order valence-corrected chi connectivity index (χ2v) is 2.63. The lowest BCUT2D eigenvalue weighted by Gasteiger charge is -1.99. The van der Waals surface area contributed by atoms with Gasteiger partial charge in [0.15, 0.2) is 0 Å². The number of hydrazine groups is 1. The minimum Gasteiger partial charge on any atom is -0.303 e. The molecule has 0 unspecified atom stereocenters. The zero-order chi connectivity index (χ0) is 8.62. The molecule has 6 N–H and O–H groups in total. The Morgan fingerprint density at radius 3 is 2.00 bits per heavy atom. The highest BCUT2D eigenvalue weighted by atomic mass is 35.5. The molecular weight excluding hydrogens is 182 g/mol. The molecule has 0 saturated heterocycles. The molecule has 0 heterocycles. The van der Waals surface area contributed by atoms with Crippen LogP contribution in [-0.4, -0.2) is 22.3 Å². The maximum absolute atomic E-state index is 9.80. The molecule has 0 atom stereocenters. The van der Waals surface area contributed by atoms with Crippen molar-refractivity contribution in [3.8, 4) is 0 Å². The van der Waals surface area contributed by atoms with E-state index in [4.69, 9.17) is 21.4 Å². The van der Waals surface area contributed by atoms with Crippen LogP contribution in [0.3, 0.4) is 0 Å². The minimum absolute atomic E-state index is 0.0884. The number of alkyl halides is 1. The van der Waals surface area contributed by atoms with Gasteiger partial charge >= 0.3 is 7.82 Å². The smallest absolute Gasteiger partial charge is 0.303 e. The molecule has 0 aliphatic carbocycles. The average Bonchev–Trinajstić information content (AvgIpc) is 1.87. The van der Waals surface area contributed by atoms with E-state index in [1.165, 1.54) is 0 Å². The van der Waals surface area contributed by atoms with Crippen LogP contribution < -0.4 is 11.7 Å². The monoisotopic (exact) mass is 192 g/mol. The summed E-state index contributed by atoms with van der Waals surface area (Å²) >= 11 is 5.04. The van der Waals surface area contributed by atoms with Crippen molar-refractivity contribution in [2.75, 3.05) is 12.5 Å². The van der Waals surface area contributed by atoms with Crippen LogP contribution in [-0.2, 0) is 9.09 Å². The summed E-state index contributed by atoms with van der Waals surface area (Å²) in [6, 6.07) is 0. The summed E-state index contributed by atoms with van der Waals surface area (Å²) in [5, 5.41) is 0. The van der Waals surface area contributed by atoms with Gasteiger partial charge in [0.25, 0.3) is 0 Å². The van der Waals surface area contributed by atoms with Gasteiger partial charge in [-0.1, -0.05) is 0 Å². The standard InChI is InChI=1S/C2H6ClO4P.H4N2/c3-1-2-7-8(4,5)6;1-2/h1-2H2,(H2,4,5,6);1-2H2. The largest absolute Gasteiger partial charge is 0.469 e. The predicted octanol–water partition coefficient (Wildman–Crippen LogP) is -0.847. The summed E-state index contributed by atoms with van der Waals surface area (Å²) in [6.45, 7) is -0.119. The van der Waals surface area contributed by atoms with E-state index in [0.29, 0.717) is 0 Å². The highest BCUT2D eigenvalue weighted by Crippen LogP contribution is 2.35. The second-order valence-electron chi connectivity index (χ2n) is 1.01. The van der Waals surface area contributed by atoms with E-state index in [2.05, 4.69) is 16.2 Å². The normalized spacial score (nSPS) is 10.1. The third kappa shape index (κ3) is 15.8. The van der Waals surface area contributed by atoms with Gasteiger partial charge in [-0.15, -0.1) is 11.6 Å². The summed E-state index contributed by atoms with van der Waals surface area (Å²) in [6.07, 6.45) is 0. The van der Waals surface area contributed by atoms with Gasteiger partial charge in [0.2, 0.25) is 0 Å². The average molecular weight is 193 g/mol. The molecule has 0 bridgehead atoms. The first kappa shape index (κ1) is 12.9. The Morgan fingerprint density at radius 2 is 1.90 bits per heavy atom. The van der Waals surface area contributed by atoms with Gasteiger partial charge < -0.3 is 9.79 Å². The van der Waals surface area contributed by atoms with Crippen molar-refractivity contribution >= 4 is 19.4 Å². The van der Waals surface area contributed by atoms with Crippen molar-refractivity contribution < 1.29 is 18.9 Å². The predicted molar refractivity (Wildman–Crippen MR) is 37.1 cm³/mol. The van der Waals surface area contributed by atoms with E-state index in [1.54, 1.807) is 0 Å². The summed E-state index contributed by atoms with van der Waals surface area (Å²) in [7, 11) is -4.27. The number of hydrogen-bond donors (Lipinski definition) is 4. The van der Waals surface area contributed by atoms with Crippen molar-refractivity contribution in [2.45, 2.75) is 0 Å². The molecule has 0 amide bonds. The van der Waals surface area contributed by atoms with Crippen molar-refractivity contribution in [1.82, 2.24) is 0 Å². The number of nitrogens with two attached hydrogens (primary N) is 2. The van der Waals surface area contributed by atoms with E-state index in [-0.39, 0.29) is 12.5 Å². The van der Waals surface area contributed by atoms with Gasteiger partial charge in [0, 0.05) is 5.88 Å². The zero-order valence-corrected chi connectivity index (χ0v) is 6.76. The van der Waals surface area contributed by atoms with Crippen molar-refractivity contribution in [1.29, 1.82) is 0 Å². The van der Waals surface area contributed by atoms with E-state index < -0.39 is 7.82 Å². The van der Waals surface area contributed by atoms with E-state index in [9.17, 15) is 4.57 Å². The molecule has 0 spiro atoms. The molecule has 8 heteroatoms. The SMILES string of the molecule is NN.O=P(O)(O)OCCCl. The minimum atomic E-state index is -4.27.